The Balaban J connectivity index is 1.50. The molecule has 0 radical (unpaired) electrons. The number of nitrogens with one attached hydrogen (secondary N) is 1. The van der Waals surface area contributed by atoms with E-state index < -0.39 is 5.97 Å². The molecule has 3 aromatic rings. The first kappa shape index (κ1) is 20.7. The van der Waals surface area contributed by atoms with Crippen LogP contribution in [0.1, 0.15) is 28.3 Å². The molecule has 31 heavy (non-hydrogen) atoms. The van der Waals surface area contributed by atoms with Crippen molar-refractivity contribution in [3.05, 3.63) is 41.3 Å². The molecule has 0 spiro atoms. The molecular formula is C21H23N5O5. The van der Waals surface area contributed by atoms with E-state index in [-0.39, 0.29) is 12.3 Å². The van der Waals surface area contributed by atoms with E-state index in [0.29, 0.717) is 55.5 Å². The maximum absolute atomic E-state index is 12.5. The van der Waals surface area contributed by atoms with Crippen molar-refractivity contribution in [2.45, 2.75) is 19.8 Å². The topological polar surface area (TPSA) is 120 Å². The molecule has 0 unspecified atom stereocenters. The molecule has 3 heterocycles. The van der Waals surface area contributed by atoms with Crippen molar-refractivity contribution in [2.75, 3.05) is 43.6 Å². The zero-order valence-corrected chi connectivity index (χ0v) is 17.4. The SMILES string of the molecule is COC(=O)c1ccccc1NC(=O)CCc1nc(N2CCOCC2)c2c(C)noc2n1. The Morgan fingerprint density at radius 1 is 1.19 bits per heavy atom. The van der Waals surface area contributed by atoms with Crippen LogP contribution in [0.25, 0.3) is 11.1 Å². The summed E-state index contributed by atoms with van der Waals surface area (Å²) in [4.78, 5) is 35.7. The van der Waals surface area contributed by atoms with Gasteiger partial charge in [-0.1, -0.05) is 17.3 Å². The Bertz CT molecular complexity index is 1110. The van der Waals surface area contributed by atoms with Crippen molar-refractivity contribution in [3.63, 3.8) is 0 Å². The summed E-state index contributed by atoms with van der Waals surface area (Å²) in [6.45, 7) is 4.51. The molecule has 10 nitrogen and oxygen atoms in total. The van der Waals surface area contributed by atoms with E-state index in [4.69, 9.17) is 19.0 Å². The maximum atomic E-state index is 12.5. The van der Waals surface area contributed by atoms with Gasteiger partial charge in [0.15, 0.2) is 0 Å². The second kappa shape index (κ2) is 9.09. The smallest absolute Gasteiger partial charge is 0.339 e. The van der Waals surface area contributed by atoms with Gasteiger partial charge in [0.25, 0.3) is 5.71 Å². The van der Waals surface area contributed by atoms with Crippen molar-refractivity contribution < 1.29 is 23.6 Å². The minimum absolute atomic E-state index is 0.136. The zero-order chi connectivity index (χ0) is 21.8. The number of amides is 1. The standard InChI is InChI=1S/C21H23N5O5/c1-13-18-19(26-9-11-30-12-10-26)23-16(24-20(18)31-25-13)7-8-17(27)22-15-6-4-3-5-14(15)21(28)29-2/h3-6H,7-12H2,1-2H3,(H,22,27). The lowest BCUT2D eigenvalue weighted by Gasteiger charge is -2.28. The number of methoxy groups -OCH3 is 1. The number of aryl methyl sites for hydroxylation is 2. The van der Waals surface area contributed by atoms with Crippen LogP contribution in [0.2, 0.25) is 0 Å². The molecule has 1 fully saturated rings. The highest BCUT2D eigenvalue weighted by atomic mass is 16.5. The summed E-state index contributed by atoms with van der Waals surface area (Å²) >= 11 is 0. The summed E-state index contributed by atoms with van der Waals surface area (Å²) in [5, 5.41) is 7.56. The van der Waals surface area contributed by atoms with Gasteiger partial charge >= 0.3 is 5.97 Å². The van der Waals surface area contributed by atoms with Gasteiger partial charge in [-0.3, -0.25) is 4.79 Å². The molecule has 162 valence electrons. The summed E-state index contributed by atoms with van der Waals surface area (Å²) in [7, 11) is 1.30. The quantitative estimate of drug-likeness (QED) is 0.592. The first-order chi connectivity index (χ1) is 15.1. The Kier molecular flexibility index (Phi) is 6.08. The number of fused-ring (bicyclic) bond motifs is 1. The predicted octanol–water partition coefficient (Wildman–Crippen LogP) is 2.12. The number of esters is 1. The number of hydrogen-bond acceptors (Lipinski definition) is 9. The summed E-state index contributed by atoms with van der Waals surface area (Å²) < 4.78 is 15.6. The van der Waals surface area contributed by atoms with Gasteiger partial charge in [0.2, 0.25) is 5.91 Å². The van der Waals surface area contributed by atoms with Crippen molar-refractivity contribution in [1.82, 2.24) is 15.1 Å². The number of ether oxygens (including phenoxy) is 2. The average molecular weight is 425 g/mol. The van der Waals surface area contributed by atoms with Gasteiger partial charge in [0.1, 0.15) is 17.0 Å². The third-order valence-corrected chi connectivity index (χ3v) is 5.03. The van der Waals surface area contributed by atoms with Crippen molar-refractivity contribution in [1.29, 1.82) is 0 Å². The third kappa shape index (κ3) is 4.48. The number of carbonyl (C=O) groups is 2. The lowest BCUT2D eigenvalue weighted by atomic mass is 10.1. The molecule has 0 saturated carbocycles. The summed E-state index contributed by atoms with van der Waals surface area (Å²) in [6.07, 6.45) is 0.440. The number of morpholine rings is 1. The number of hydrogen-bond donors (Lipinski definition) is 1. The van der Waals surface area contributed by atoms with Gasteiger partial charge in [0.05, 0.1) is 37.3 Å². The van der Waals surface area contributed by atoms with E-state index in [1.807, 2.05) is 6.92 Å². The zero-order valence-electron chi connectivity index (χ0n) is 17.4. The molecule has 0 aliphatic carbocycles. The van der Waals surface area contributed by atoms with Crippen LogP contribution in [0.5, 0.6) is 0 Å². The highest BCUT2D eigenvalue weighted by Gasteiger charge is 2.22. The van der Waals surface area contributed by atoms with E-state index in [1.54, 1.807) is 24.3 Å². The van der Waals surface area contributed by atoms with Crippen LogP contribution < -0.4 is 10.2 Å². The van der Waals surface area contributed by atoms with Crippen LogP contribution in [0.15, 0.2) is 28.8 Å². The number of carbonyl (C=O) groups excluding carboxylic acids is 2. The number of para-hydroxylation sites is 1. The van der Waals surface area contributed by atoms with Crippen LogP contribution in [-0.4, -0.2) is 60.4 Å². The second-order valence-corrected chi connectivity index (χ2v) is 7.10. The van der Waals surface area contributed by atoms with Crippen LogP contribution in [-0.2, 0) is 20.7 Å². The molecule has 1 saturated heterocycles. The fourth-order valence-electron chi connectivity index (χ4n) is 3.45. The van der Waals surface area contributed by atoms with Gasteiger partial charge < -0.3 is 24.2 Å². The minimum atomic E-state index is -0.513. The molecule has 1 aliphatic heterocycles. The summed E-state index contributed by atoms with van der Waals surface area (Å²) in [5.41, 5.74) is 1.82. The van der Waals surface area contributed by atoms with Crippen molar-refractivity contribution in [2.24, 2.45) is 0 Å². The van der Waals surface area contributed by atoms with Crippen LogP contribution in [0.3, 0.4) is 0 Å². The predicted molar refractivity (Wildman–Crippen MR) is 112 cm³/mol. The Labute approximate surface area is 178 Å². The van der Waals surface area contributed by atoms with Gasteiger partial charge in [0, 0.05) is 25.9 Å². The maximum Gasteiger partial charge on any atom is 0.339 e. The average Bonchev–Trinajstić information content (AvgIpc) is 3.18. The van der Waals surface area contributed by atoms with Gasteiger partial charge in [-0.15, -0.1) is 0 Å². The molecule has 0 bridgehead atoms. The Morgan fingerprint density at radius 2 is 1.97 bits per heavy atom. The number of anilines is 2. The third-order valence-electron chi connectivity index (χ3n) is 5.03. The van der Waals surface area contributed by atoms with Crippen LogP contribution in [0.4, 0.5) is 11.5 Å². The highest BCUT2D eigenvalue weighted by molar-refractivity contribution is 6.01. The van der Waals surface area contributed by atoms with Gasteiger partial charge in [-0.25, -0.2) is 9.78 Å². The van der Waals surface area contributed by atoms with E-state index >= 15 is 0 Å². The lowest BCUT2D eigenvalue weighted by Crippen LogP contribution is -2.37. The second-order valence-electron chi connectivity index (χ2n) is 7.10. The largest absolute Gasteiger partial charge is 0.465 e. The molecular weight excluding hydrogens is 402 g/mol. The van der Waals surface area contributed by atoms with E-state index in [1.165, 1.54) is 7.11 Å². The highest BCUT2D eigenvalue weighted by Crippen LogP contribution is 2.28. The first-order valence-electron chi connectivity index (χ1n) is 9.99. The number of rotatable bonds is 6. The van der Waals surface area contributed by atoms with Gasteiger partial charge in [-0.2, -0.15) is 4.98 Å². The molecule has 1 N–H and O–H groups in total. The molecule has 1 aliphatic rings. The van der Waals surface area contributed by atoms with E-state index in [9.17, 15) is 9.59 Å². The number of aromatic nitrogens is 3. The molecule has 1 aromatic carbocycles. The van der Waals surface area contributed by atoms with Gasteiger partial charge in [-0.05, 0) is 19.1 Å². The molecule has 0 atom stereocenters. The first-order valence-corrected chi connectivity index (χ1v) is 9.99. The van der Waals surface area contributed by atoms with E-state index in [2.05, 4.69) is 20.4 Å². The summed E-state index contributed by atoms with van der Waals surface area (Å²) in [5.74, 6) is 0.460. The normalized spacial score (nSPS) is 13.9. The van der Waals surface area contributed by atoms with Crippen LogP contribution in [0, 0.1) is 6.92 Å². The Hall–Kier alpha value is -3.53. The fraction of sp³-hybridized carbons (Fsp3) is 0.381. The number of nitrogens with zero attached hydrogens (tertiary/aromatic N) is 4. The lowest BCUT2D eigenvalue weighted by molar-refractivity contribution is -0.116. The summed E-state index contributed by atoms with van der Waals surface area (Å²) in [6, 6.07) is 6.69. The van der Waals surface area contributed by atoms with Crippen LogP contribution >= 0.6 is 0 Å². The fourth-order valence-corrected chi connectivity index (χ4v) is 3.45. The molecule has 2 aromatic heterocycles. The van der Waals surface area contributed by atoms with Crippen molar-refractivity contribution >= 4 is 34.5 Å². The monoisotopic (exact) mass is 425 g/mol. The molecule has 10 heteroatoms. The molecule has 1 amide bonds. The Morgan fingerprint density at radius 3 is 2.74 bits per heavy atom. The van der Waals surface area contributed by atoms with Crippen molar-refractivity contribution in [3.8, 4) is 0 Å². The number of benzene rings is 1. The minimum Gasteiger partial charge on any atom is -0.465 e. The van der Waals surface area contributed by atoms with E-state index in [0.717, 1.165) is 16.9 Å². The molecule has 4 rings (SSSR count).